The van der Waals surface area contributed by atoms with Crippen molar-refractivity contribution < 1.29 is 24.5 Å². The Bertz CT molecular complexity index is 535. The summed E-state index contributed by atoms with van der Waals surface area (Å²) in [5, 5.41) is 22.8. The lowest BCUT2D eigenvalue weighted by atomic mass is 9.62. The summed E-state index contributed by atoms with van der Waals surface area (Å²) in [6.45, 7) is 3.88. The molecule has 0 aromatic rings. The van der Waals surface area contributed by atoms with Crippen molar-refractivity contribution >= 4 is 5.97 Å². The molecule has 2 N–H and O–H groups in total. The van der Waals surface area contributed by atoms with Crippen LogP contribution in [0.5, 0.6) is 0 Å². The van der Waals surface area contributed by atoms with Crippen LogP contribution in [0, 0.1) is 17.8 Å². The Hall–Kier alpha value is -0.650. The van der Waals surface area contributed by atoms with E-state index in [-0.39, 0.29) is 42.0 Å². The largest absolute Gasteiger partial charge is 0.459 e. The highest BCUT2D eigenvalue weighted by Gasteiger charge is 2.67. The topological polar surface area (TPSA) is 76.0 Å². The highest BCUT2D eigenvalue weighted by atomic mass is 16.6. The van der Waals surface area contributed by atoms with E-state index in [0.717, 1.165) is 57.8 Å². The summed E-state index contributed by atoms with van der Waals surface area (Å²) in [6, 6.07) is 0. The lowest BCUT2D eigenvalue weighted by Crippen LogP contribution is -2.57. The van der Waals surface area contributed by atoms with Crippen LogP contribution in [0.1, 0.15) is 78.1 Å². The molecule has 5 nitrogen and oxygen atoms in total. The molecule has 4 aliphatic rings. The highest BCUT2D eigenvalue weighted by Crippen LogP contribution is 2.58. The number of rotatable bonds is 5. The smallest absolute Gasteiger partial charge is 0.309 e. The Labute approximate surface area is 156 Å². The van der Waals surface area contributed by atoms with Crippen molar-refractivity contribution in [1.82, 2.24) is 0 Å². The molecule has 2 saturated carbocycles. The molecule has 0 aromatic carbocycles. The number of ether oxygens (including phenoxy) is 2. The van der Waals surface area contributed by atoms with Crippen molar-refractivity contribution in [2.75, 3.05) is 0 Å². The first kappa shape index (κ1) is 18.7. The third-order valence-corrected chi connectivity index (χ3v) is 7.77. The monoisotopic (exact) mass is 366 g/mol. The van der Waals surface area contributed by atoms with E-state index in [4.69, 9.17) is 9.47 Å². The van der Waals surface area contributed by atoms with Gasteiger partial charge in [-0.25, -0.2) is 0 Å². The zero-order valence-electron chi connectivity index (χ0n) is 16.2. The molecule has 26 heavy (non-hydrogen) atoms. The van der Waals surface area contributed by atoms with Crippen molar-refractivity contribution in [1.29, 1.82) is 0 Å². The first-order chi connectivity index (χ1) is 12.4. The van der Waals surface area contributed by atoms with Crippen LogP contribution in [0.15, 0.2) is 0 Å². The average molecular weight is 366 g/mol. The van der Waals surface area contributed by atoms with Crippen LogP contribution in [-0.2, 0) is 14.3 Å². The van der Waals surface area contributed by atoms with Crippen molar-refractivity contribution in [3.63, 3.8) is 0 Å². The van der Waals surface area contributed by atoms with Crippen molar-refractivity contribution in [2.24, 2.45) is 17.8 Å². The molecule has 0 aromatic heterocycles. The van der Waals surface area contributed by atoms with Crippen LogP contribution in [-0.4, -0.2) is 45.7 Å². The van der Waals surface area contributed by atoms with E-state index in [2.05, 4.69) is 0 Å². The molecule has 0 amide bonds. The summed E-state index contributed by atoms with van der Waals surface area (Å²) in [6.07, 6.45) is 8.02. The van der Waals surface area contributed by atoms with Crippen LogP contribution < -0.4 is 0 Å². The van der Waals surface area contributed by atoms with E-state index in [1.165, 1.54) is 0 Å². The molecule has 2 bridgehead atoms. The van der Waals surface area contributed by atoms with Gasteiger partial charge in [0.15, 0.2) is 0 Å². The van der Waals surface area contributed by atoms with Gasteiger partial charge in [-0.2, -0.15) is 0 Å². The van der Waals surface area contributed by atoms with Crippen LogP contribution in [0.2, 0.25) is 0 Å². The fraction of sp³-hybridized carbons (Fsp3) is 0.952. The van der Waals surface area contributed by atoms with Gasteiger partial charge < -0.3 is 19.7 Å². The van der Waals surface area contributed by atoms with E-state index in [1.54, 1.807) is 0 Å². The zero-order chi connectivity index (χ0) is 18.5. The lowest BCUT2D eigenvalue weighted by Gasteiger charge is -2.46. The SMILES string of the molecule is CCC(C)C(=O)OC1CC2OC1C(C1(O)CCCC1)C2C1(O)CCCC1. The van der Waals surface area contributed by atoms with Gasteiger partial charge >= 0.3 is 5.97 Å². The van der Waals surface area contributed by atoms with Gasteiger partial charge in [0, 0.05) is 18.3 Å². The quantitative estimate of drug-likeness (QED) is 0.732. The summed E-state index contributed by atoms with van der Waals surface area (Å²) in [4.78, 5) is 12.3. The third kappa shape index (κ3) is 2.91. The average Bonchev–Trinajstić information content (AvgIpc) is 3.38. The first-order valence-electron chi connectivity index (χ1n) is 10.7. The normalized spacial score (nSPS) is 41.5. The van der Waals surface area contributed by atoms with Gasteiger partial charge in [0.2, 0.25) is 0 Å². The zero-order valence-corrected chi connectivity index (χ0v) is 16.2. The standard InChI is InChI=1S/C21H34O5/c1-3-13(2)19(22)26-15-12-14-16(20(23)8-4-5-9-20)17(18(15)25-14)21(24)10-6-7-11-21/h13-18,23-24H,3-12H2,1-2H3. The number of hydrogen-bond acceptors (Lipinski definition) is 5. The van der Waals surface area contributed by atoms with Gasteiger partial charge in [0.25, 0.3) is 0 Å². The molecule has 148 valence electrons. The first-order valence-corrected chi connectivity index (χ1v) is 10.7. The summed E-state index contributed by atoms with van der Waals surface area (Å²) in [5.74, 6) is -0.433. The highest BCUT2D eigenvalue weighted by molar-refractivity contribution is 5.72. The Kier molecular flexibility index (Phi) is 4.85. The van der Waals surface area contributed by atoms with E-state index >= 15 is 0 Å². The summed E-state index contributed by atoms with van der Waals surface area (Å²) >= 11 is 0. The molecule has 2 aliphatic carbocycles. The lowest BCUT2D eigenvalue weighted by molar-refractivity contribution is -0.165. The van der Waals surface area contributed by atoms with Crippen molar-refractivity contribution in [3.8, 4) is 0 Å². The predicted molar refractivity (Wildman–Crippen MR) is 96.4 cm³/mol. The molecule has 4 rings (SSSR count). The second-order valence-electron chi connectivity index (χ2n) is 9.33. The van der Waals surface area contributed by atoms with Crippen LogP contribution in [0.25, 0.3) is 0 Å². The minimum Gasteiger partial charge on any atom is -0.459 e. The minimum atomic E-state index is -0.788. The van der Waals surface area contributed by atoms with Gasteiger partial charge in [0.05, 0.1) is 23.2 Å². The summed E-state index contributed by atoms with van der Waals surface area (Å²) in [5.41, 5.74) is -1.52. The van der Waals surface area contributed by atoms with Gasteiger partial charge in [-0.15, -0.1) is 0 Å². The Morgan fingerprint density at radius 1 is 1.08 bits per heavy atom. The molecule has 0 radical (unpaired) electrons. The summed E-state index contributed by atoms with van der Waals surface area (Å²) in [7, 11) is 0. The maximum absolute atomic E-state index is 12.3. The minimum absolute atomic E-state index is 0.0309. The van der Waals surface area contributed by atoms with Crippen LogP contribution >= 0.6 is 0 Å². The maximum atomic E-state index is 12.3. The molecule has 4 fully saturated rings. The van der Waals surface area contributed by atoms with Gasteiger partial charge in [0.1, 0.15) is 12.2 Å². The van der Waals surface area contributed by atoms with Crippen LogP contribution in [0.3, 0.4) is 0 Å². The molecular formula is C21H34O5. The number of carbonyl (C=O) groups excluding carboxylic acids is 1. The maximum Gasteiger partial charge on any atom is 0.309 e. The second kappa shape index (κ2) is 6.75. The molecular weight excluding hydrogens is 332 g/mol. The predicted octanol–water partition coefficient (Wildman–Crippen LogP) is 2.96. The molecule has 0 spiro atoms. The Morgan fingerprint density at radius 2 is 1.62 bits per heavy atom. The van der Waals surface area contributed by atoms with Gasteiger partial charge in [-0.1, -0.05) is 39.5 Å². The Balaban J connectivity index is 1.59. The van der Waals surface area contributed by atoms with Crippen molar-refractivity contribution in [2.45, 2.75) is 108 Å². The molecule has 5 heteroatoms. The third-order valence-electron chi connectivity index (χ3n) is 7.77. The molecule has 6 atom stereocenters. The second-order valence-corrected chi connectivity index (χ2v) is 9.33. The molecule has 2 saturated heterocycles. The molecule has 6 unspecified atom stereocenters. The van der Waals surface area contributed by atoms with Gasteiger partial charge in [-0.05, 0) is 32.1 Å². The molecule has 2 aliphatic heterocycles. The van der Waals surface area contributed by atoms with E-state index < -0.39 is 11.2 Å². The number of carbonyl (C=O) groups is 1. The van der Waals surface area contributed by atoms with Crippen LogP contribution in [0.4, 0.5) is 0 Å². The fourth-order valence-electron chi connectivity index (χ4n) is 6.20. The Morgan fingerprint density at radius 3 is 2.15 bits per heavy atom. The van der Waals surface area contributed by atoms with E-state index in [1.807, 2.05) is 13.8 Å². The van der Waals surface area contributed by atoms with Gasteiger partial charge in [-0.3, -0.25) is 4.79 Å². The molecule has 2 heterocycles. The summed E-state index contributed by atoms with van der Waals surface area (Å²) < 4.78 is 12.1. The number of esters is 1. The van der Waals surface area contributed by atoms with Crippen molar-refractivity contribution in [3.05, 3.63) is 0 Å². The van der Waals surface area contributed by atoms with E-state index in [0.29, 0.717) is 6.42 Å². The number of aliphatic hydroxyl groups is 2. The fourth-order valence-corrected chi connectivity index (χ4v) is 6.20. The number of fused-ring (bicyclic) bond motifs is 2. The number of hydrogen-bond donors (Lipinski definition) is 2. The van der Waals surface area contributed by atoms with E-state index in [9.17, 15) is 15.0 Å².